The highest BCUT2D eigenvalue weighted by Crippen LogP contribution is 2.56. The first kappa shape index (κ1) is 50.6. The highest BCUT2D eigenvalue weighted by molar-refractivity contribution is 8.13. The third-order valence-corrected chi connectivity index (χ3v) is 12.3. The van der Waals surface area contributed by atoms with Gasteiger partial charge in [-0.1, -0.05) is 44.7 Å². The van der Waals surface area contributed by atoms with Gasteiger partial charge in [0.1, 0.15) is 36.3 Å². The number of aromatic nitrogens is 4. The van der Waals surface area contributed by atoms with Gasteiger partial charge in [0, 0.05) is 37.1 Å². The number of phosphoric acid groups is 3. The monoisotopic (exact) mass is 917 g/mol. The second-order valence-electron chi connectivity index (χ2n) is 13.7. The lowest BCUT2D eigenvalue weighted by Crippen LogP contribution is -2.46. The molecular weight excluding hydrogens is 871 g/mol. The Bertz CT molecular complexity index is 1950. The largest absolute Gasteiger partial charge is 0.790 e. The third-order valence-electron chi connectivity index (χ3n) is 8.44. The Balaban J connectivity index is 1.48. The number of nitrogens with zero attached hydrogens (tertiary/aromatic N) is 4. The van der Waals surface area contributed by atoms with Gasteiger partial charge in [0.25, 0.3) is 15.6 Å². The number of rotatable bonds is 24. The molecule has 7 N–H and O–H groups in total. The molecule has 1 fully saturated rings. The first-order valence-corrected chi connectivity index (χ1v) is 23.0. The Kier molecular flexibility index (Phi) is 18.3. The number of amides is 2. The number of phosphoric ester groups is 3. The van der Waals surface area contributed by atoms with Gasteiger partial charge in [-0.25, -0.2) is 19.3 Å². The van der Waals surface area contributed by atoms with Gasteiger partial charge in [0.15, 0.2) is 22.3 Å². The summed E-state index contributed by atoms with van der Waals surface area (Å²) in [7, 11) is -17.7. The van der Waals surface area contributed by atoms with Gasteiger partial charge in [-0.05, 0) is 19.8 Å². The Morgan fingerprint density at radius 3 is 2.42 bits per heavy atom. The van der Waals surface area contributed by atoms with Gasteiger partial charge < -0.3 is 74.1 Å². The number of nitrogens with two attached hydrogens (primary N) is 1. The molecule has 1 aliphatic heterocycles. The molecule has 2 aromatic rings. The molecule has 0 aliphatic carbocycles. The number of aliphatic hydroxyl groups is 3. The second-order valence-corrected chi connectivity index (χ2v) is 19.0. The number of anilines is 1. The summed E-state index contributed by atoms with van der Waals surface area (Å²) in [5.41, 5.74) is 1.99. The standard InChI is InChI=1S/C30H50N7O18P3S/c1-5-6-7-8-18(38)13-21(40)59-12-11-32-20(39)9-10-33-28(43)25(42)29(2,3)15-52-58(49,50)55-57(47,48)51-14-19-23(54-56(44,45)46)24(41)30(4,53-19)37-17-36-22-26(31)34-16-35-27(22)37/h6-7,16-19,23-25,38,41-42H,5,8-15H2,1-4H3,(H,32,39)(H,33,43)(H,47,48)(H,49,50)(H2,31,34,35)(H2,44,45,46)/p-4. The number of hydrogen-bond donors (Lipinski definition) is 6. The number of carbonyl (C=O) groups is 3. The Morgan fingerprint density at radius 1 is 1.08 bits per heavy atom. The van der Waals surface area contributed by atoms with Crippen LogP contribution in [0.3, 0.4) is 0 Å². The number of carbonyl (C=O) groups excluding carboxylic acids is 3. The van der Waals surface area contributed by atoms with Crippen LogP contribution < -0.4 is 35.9 Å². The number of aliphatic hydroxyl groups excluding tert-OH is 3. The number of hydrogen-bond acceptors (Lipinski definition) is 23. The van der Waals surface area contributed by atoms with E-state index in [1.54, 1.807) is 6.08 Å². The van der Waals surface area contributed by atoms with Crippen molar-refractivity contribution in [2.75, 3.05) is 37.8 Å². The molecule has 0 saturated carbocycles. The third kappa shape index (κ3) is 15.3. The van der Waals surface area contributed by atoms with Gasteiger partial charge in [-0.3, -0.25) is 28.1 Å². The highest BCUT2D eigenvalue weighted by Gasteiger charge is 2.55. The molecule has 25 nitrogen and oxygen atoms in total. The van der Waals surface area contributed by atoms with Crippen LogP contribution in [0.2, 0.25) is 0 Å². The number of nitrogens with one attached hydrogen (secondary N) is 2. The highest BCUT2D eigenvalue weighted by atomic mass is 32.2. The SMILES string of the molecule is CCC=CCC(O)CC(=O)SCCNC(=O)CCNC(=O)C(O)C(C)(C)COP(=O)([O-])OP(=O)([O-])OCC1OC(C)(n2cnc3c(N)ncnc32)C(O)C1OP(=O)([O-])[O-]. The van der Waals surface area contributed by atoms with E-state index in [1.807, 2.05) is 13.0 Å². The van der Waals surface area contributed by atoms with Gasteiger partial charge in [0.05, 0.1) is 33.5 Å². The van der Waals surface area contributed by atoms with E-state index in [4.69, 9.17) is 10.5 Å². The van der Waals surface area contributed by atoms with E-state index in [0.29, 0.717) is 6.42 Å². The van der Waals surface area contributed by atoms with Crippen LogP contribution in [-0.2, 0) is 56.4 Å². The smallest absolute Gasteiger partial charge is 0.274 e. The fraction of sp³-hybridized carbons (Fsp3) is 0.667. The van der Waals surface area contributed by atoms with E-state index in [0.717, 1.165) is 35.4 Å². The summed E-state index contributed by atoms with van der Waals surface area (Å²) in [4.78, 5) is 96.6. The van der Waals surface area contributed by atoms with E-state index in [2.05, 4.69) is 43.5 Å². The first-order valence-electron chi connectivity index (χ1n) is 17.6. The van der Waals surface area contributed by atoms with Crippen LogP contribution in [0.1, 0.15) is 53.4 Å². The molecule has 0 aromatic carbocycles. The van der Waals surface area contributed by atoms with E-state index < -0.39 is 90.2 Å². The fourth-order valence-electron chi connectivity index (χ4n) is 5.34. The maximum Gasteiger partial charge on any atom is 0.274 e. The van der Waals surface area contributed by atoms with E-state index in [1.165, 1.54) is 20.8 Å². The average Bonchev–Trinajstić information content (AvgIpc) is 3.67. The Morgan fingerprint density at radius 2 is 1.76 bits per heavy atom. The van der Waals surface area contributed by atoms with Crippen LogP contribution in [0.4, 0.5) is 5.82 Å². The van der Waals surface area contributed by atoms with Crippen LogP contribution in [0.15, 0.2) is 24.8 Å². The molecule has 29 heteroatoms. The first-order chi connectivity index (χ1) is 27.3. The minimum absolute atomic E-state index is 0.0302. The quantitative estimate of drug-likeness (QED) is 0.0358. The van der Waals surface area contributed by atoms with Crippen molar-refractivity contribution in [1.82, 2.24) is 30.2 Å². The number of imidazole rings is 1. The molecule has 3 heterocycles. The van der Waals surface area contributed by atoms with Crippen LogP contribution in [0.25, 0.3) is 11.2 Å². The van der Waals surface area contributed by atoms with Crippen molar-refractivity contribution in [1.29, 1.82) is 0 Å². The number of thioether (sulfide) groups is 1. The summed E-state index contributed by atoms with van der Waals surface area (Å²) in [6.07, 6.45) is -2.18. The minimum Gasteiger partial charge on any atom is -0.790 e. The van der Waals surface area contributed by atoms with Gasteiger partial charge >= 0.3 is 0 Å². The molecule has 1 aliphatic rings. The maximum atomic E-state index is 12.6. The van der Waals surface area contributed by atoms with Crippen molar-refractivity contribution in [2.24, 2.45) is 5.41 Å². The zero-order valence-corrected chi connectivity index (χ0v) is 35.6. The summed E-state index contributed by atoms with van der Waals surface area (Å²) in [5, 5.41) is 36.1. The zero-order valence-electron chi connectivity index (χ0n) is 32.1. The molecule has 2 amide bonds. The molecule has 334 valence electrons. The van der Waals surface area contributed by atoms with Gasteiger partial charge in [-0.2, -0.15) is 0 Å². The Hall–Kier alpha value is -2.74. The van der Waals surface area contributed by atoms with E-state index >= 15 is 0 Å². The Labute approximate surface area is 341 Å². The van der Waals surface area contributed by atoms with Crippen LogP contribution in [0.5, 0.6) is 0 Å². The summed E-state index contributed by atoms with van der Waals surface area (Å²) in [6.45, 7) is 3.05. The molecule has 1 saturated heterocycles. The summed E-state index contributed by atoms with van der Waals surface area (Å²) in [6, 6.07) is 0. The van der Waals surface area contributed by atoms with Crippen molar-refractivity contribution in [3.05, 3.63) is 24.8 Å². The maximum absolute atomic E-state index is 12.6. The minimum atomic E-state index is -5.95. The van der Waals surface area contributed by atoms with E-state index in [-0.39, 0.29) is 53.8 Å². The van der Waals surface area contributed by atoms with Gasteiger partial charge in [-0.15, -0.1) is 0 Å². The molecule has 59 heavy (non-hydrogen) atoms. The lowest BCUT2D eigenvalue weighted by Gasteiger charge is -2.36. The predicted octanol–water partition coefficient (Wildman–Crippen LogP) is -2.58. The number of ether oxygens (including phenoxy) is 1. The normalized spacial score (nSPS) is 23.1. The molecule has 2 aromatic heterocycles. The zero-order chi connectivity index (χ0) is 44.4. The predicted molar refractivity (Wildman–Crippen MR) is 198 cm³/mol. The number of fused-ring (bicyclic) bond motifs is 1. The van der Waals surface area contributed by atoms with Crippen LogP contribution in [0, 0.1) is 5.41 Å². The molecule has 0 spiro atoms. The van der Waals surface area contributed by atoms with Gasteiger partial charge in [0.2, 0.25) is 11.8 Å². The van der Waals surface area contributed by atoms with Crippen molar-refractivity contribution in [3.63, 3.8) is 0 Å². The van der Waals surface area contributed by atoms with Crippen molar-refractivity contribution in [3.8, 4) is 0 Å². The van der Waals surface area contributed by atoms with Crippen LogP contribution in [-0.4, -0.2) is 114 Å². The number of nitrogen functional groups attached to an aromatic ring is 1. The summed E-state index contributed by atoms with van der Waals surface area (Å²) in [5.74, 6) is -1.38. The second kappa shape index (κ2) is 21.4. The molecule has 8 unspecified atom stereocenters. The molecular formula is C30H46N7O18P3S-4. The number of allylic oxidation sites excluding steroid dienone is 1. The van der Waals surface area contributed by atoms with Crippen molar-refractivity contribution < 1.29 is 85.6 Å². The fourth-order valence-corrected chi connectivity index (χ4v) is 8.81. The average molecular weight is 918 g/mol. The van der Waals surface area contributed by atoms with Crippen molar-refractivity contribution >= 4 is 69.1 Å². The molecule has 0 radical (unpaired) electrons. The topological polar surface area (TPSA) is 395 Å². The summed E-state index contributed by atoms with van der Waals surface area (Å²) >= 11 is 0.942. The summed E-state index contributed by atoms with van der Waals surface area (Å²) < 4.78 is 61.1. The lowest BCUT2D eigenvalue weighted by molar-refractivity contribution is -0.347. The van der Waals surface area contributed by atoms with Crippen LogP contribution >= 0.6 is 35.2 Å². The van der Waals surface area contributed by atoms with Crippen molar-refractivity contribution in [2.45, 2.75) is 89.6 Å². The molecule has 8 atom stereocenters. The molecule has 3 rings (SSSR count). The molecule has 0 bridgehead atoms. The van der Waals surface area contributed by atoms with E-state index in [9.17, 15) is 63.0 Å². The lowest BCUT2D eigenvalue weighted by atomic mass is 9.87.